The fraction of sp³-hybridized carbons (Fsp3) is 0.765. The van der Waals surface area contributed by atoms with Gasteiger partial charge in [-0.2, -0.15) is 0 Å². The van der Waals surface area contributed by atoms with Crippen LogP contribution in [-0.2, 0) is 0 Å². The van der Waals surface area contributed by atoms with Gasteiger partial charge in [-0.25, -0.2) is 0 Å². The predicted molar refractivity (Wildman–Crippen MR) is 85.2 cm³/mol. The molecule has 0 radical (unpaired) electrons. The number of piperidine rings is 1. The SMILES string of the molecule is CC.CC(C)C1C=CC(CC2(C)CCNCC2)=CN1. The number of hydrogen-bond acceptors (Lipinski definition) is 2. The molecule has 0 aromatic carbocycles. The predicted octanol–water partition coefficient (Wildman–Crippen LogP) is 3.86. The minimum absolute atomic E-state index is 0.494. The summed E-state index contributed by atoms with van der Waals surface area (Å²) in [5.74, 6) is 0.665. The van der Waals surface area contributed by atoms with Gasteiger partial charge in [0.15, 0.2) is 0 Å². The molecule has 2 heteroatoms. The lowest BCUT2D eigenvalue weighted by atomic mass is 9.75. The van der Waals surface area contributed by atoms with E-state index in [-0.39, 0.29) is 0 Å². The highest BCUT2D eigenvalue weighted by Gasteiger charge is 2.27. The Kier molecular flexibility index (Phi) is 6.64. The molecule has 2 rings (SSSR count). The third kappa shape index (κ3) is 5.02. The first-order chi connectivity index (χ1) is 9.09. The first-order valence-electron chi connectivity index (χ1n) is 7.93. The molecule has 2 heterocycles. The molecular weight excluding hydrogens is 232 g/mol. The van der Waals surface area contributed by atoms with Crippen LogP contribution < -0.4 is 10.6 Å². The third-order valence-electron chi connectivity index (χ3n) is 4.14. The fourth-order valence-corrected chi connectivity index (χ4v) is 2.76. The van der Waals surface area contributed by atoms with Crippen molar-refractivity contribution in [1.82, 2.24) is 10.6 Å². The smallest absolute Gasteiger partial charge is 0.0465 e. The normalized spacial score (nSPS) is 25.2. The van der Waals surface area contributed by atoms with Crippen LogP contribution in [0.25, 0.3) is 0 Å². The van der Waals surface area contributed by atoms with Crippen molar-refractivity contribution in [3.05, 3.63) is 23.9 Å². The highest BCUT2D eigenvalue weighted by Crippen LogP contribution is 2.35. The van der Waals surface area contributed by atoms with E-state index in [9.17, 15) is 0 Å². The fourth-order valence-electron chi connectivity index (χ4n) is 2.76. The van der Waals surface area contributed by atoms with Crippen LogP contribution in [0.15, 0.2) is 23.9 Å². The molecule has 2 nitrogen and oxygen atoms in total. The zero-order chi connectivity index (χ0) is 14.3. The number of dihydropyridines is 1. The molecule has 1 unspecified atom stereocenters. The third-order valence-corrected chi connectivity index (χ3v) is 4.14. The van der Waals surface area contributed by atoms with Gasteiger partial charge in [0.2, 0.25) is 0 Å². The summed E-state index contributed by atoms with van der Waals surface area (Å²) in [6.07, 6.45) is 10.7. The van der Waals surface area contributed by atoms with E-state index in [1.165, 1.54) is 37.9 Å². The second kappa shape index (κ2) is 7.74. The molecule has 0 aliphatic carbocycles. The summed E-state index contributed by atoms with van der Waals surface area (Å²) in [5.41, 5.74) is 1.96. The first kappa shape index (κ1) is 16.3. The summed E-state index contributed by atoms with van der Waals surface area (Å²) in [5, 5.41) is 6.96. The van der Waals surface area contributed by atoms with Crippen LogP contribution in [0.4, 0.5) is 0 Å². The van der Waals surface area contributed by atoms with Crippen LogP contribution >= 0.6 is 0 Å². The summed E-state index contributed by atoms with van der Waals surface area (Å²) in [7, 11) is 0. The average Bonchev–Trinajstić information content (AvgIpc) is 2.42. The summed E-state index contributed by atoms with van der Waals surface area (Å²) >= 11 is 0. The van der Waals surface area contributed by atoms with Gasteiger partial charge >= 0.3 is 0 Å². The Balaban J connectivity index is 0.000000861. The van der Waals surface area contributed by atoms with Crippen molar-refractivity contribution in [2.75, 3.05) is 13.1 Å². The number of rotatable bonds is 3. The van der Waals surface area contributed by atoms with E-state index in [4.69, 9.17) is 0 Å². The summed E-state index contributed by atoms with van der Waals surface area (Å²) < 4.78 is 0. The van der Waals surface area contributed by atoms with Gasteiger partial charge in [0.05, 0.1) is 0 Å². The maximum atomic E-state index is 3.51. The molecule has 0 aromatic heterocycles. The van der Waals surface area contributed by atoms with E-state index < -0.39 is 0 Å². The lowest BCUT2D eigenvalue weighted by molar-refractivity contribution is 0.228. The Bertz CT molecular complexity index is 309. The average molecular weight is 264 g/mol. The molecule has 1 fully saturated rings. The van der Waals surface area contributed by atoms with Gasteiger partial charge in [-0.3, -0.25) is 0 Å². The summed E-state index contributed by atoms with van der Waals surface area (Å²) in [6, 6.07) is 0.513. The first-order valence-corrected chi connectivity index (χ1v) is 7.93. The van der Waals surface area contributed by atoms with Crippen LogP contribution in [0, 0.1) is 11.3 Å². The second-order valence-electron chi connectivity index (χ2n) is 6.25. The Morgan fingerprint density at radius 1 is 1.26 bits per heavy atom. The topological polar surface area (TPSA) is 24.1 Å². The van der Waals surface area contributed by atoms with E-state index in [1.54, 1.807) is 0 Å². The van der Waals surface area contributed by atoms with E-state index in [1.807, 2.05) is 13.8 Å². The lowest BCUT2D eigenvalue weighted by Crippen LogP contribution is -2.36. The molecule has 1 saturated heterocycles. The largest absolute Gasteiger partial charge is 0.384 e. The van der Waals surface area contributed by atoms with E-state index in [2.05, 4.69) is 49.8 Å². The molecule has 0 amide bonds. The Hall–Kier alpha value is -0.760. The summed E-state index contributed by atoms with van der Waals surface area (Å²) in [4.78, 5) is 0. The molecule has 0 aromatic rings. The Morgan fingerprint density at radius 3 is 2.37 bits per heavy atom. The molecule has 110 valence electrons. The van der Waals surface area contributed by atoms with Crippen LogP contribution in [-0.4, -0.2) is 19.1 Å². The quantitative estimate of drug-likeness (QED) is 0.809. The van der Waals surface area contributed by atoms with Gasteiger partial charge in [-0.05, 0) is 49.3 Å². The number of nitrogens with one attached hydrogen (secondary N) is 2. The van der Waals surface area contributed by atoms with Gasteiger partial charge in [0.25, 0.3) is 0 Å². The maximum absolute atomic E-state index is 3.51. The number of hydrogen-bond donors (Lipinski definition) is 2. The molecule has 0 saturated carbocycles. The van der Waals surface area contributed by atoms with Crippen molar-refractivity contribution < 1.29 is 0 Å². The molecular formula is C17H32N2. The van der Waals surface area contributed by atoms with Gasteiger partial charge < -0.3 is 10.6 Å². The highest BCUT2D eigenvalue weighted by molar-refractivity contribution is 5.25. The van der Waals surface area contributed by atoms with Gasteiger partial charge in [-0.15, -0.1) is 0 Å². The van der Waals surface area contributed by atoms with Crippen LogP contribution in [0.2, 0.25) is 0 Å². The van der Waals surface area contributed by atoms with Crippen molar-refractivity contribution >= 4 is 0 Å². The van der Waals surface area contributed by atoms with Crippen molar-refractivity contribution in [1.29, 1.82) is 0 Å². The summed E-state index contributed by atoms with van der Waals surface area (Å²) in [6.45, 7) is 13.3. The van der Waals surface area contributed by atoms with Crippen LogP contribution in [0.1, 0.15) is 53.9 Å². The van der Waals surface area contributed by atoms with Gasteiger partial charge in [0, 0.05) is 12.2 Å². The molecule has 0 bridgehead atoms. The van der Waals surface area contributed by atoms with E-state index in [0.717, 1.165) is 0 Å². The van der Waals surface area contributed by atoms with E-state index in [0.29, 0.717) is 17.4 Å². The van der Waals surface area contributed by atoms with Crippen LogP contribution in [0.3, 0.4) is 0 Å². The standard InChI is InChI=1S/C15H26N2.C2H6/c1-12(2)14-5-4-13(11-17-14)10-15(3)6-8-16-9-7-15;1-2/h4-5,11-12,14,16-17H,6-10H2,1-3H3;1-2H3. The van der Waals surface area contributed by atoms with Crippen molar-refractivity contribution in [2.24, 2.45) is 11.3 Å². The molecule has 2 N–H and O–H groups in total. The highest BCUT2D eigenvalue weighted by atomic mass is 14.9. The Morgan fingerprint density at radius 2 is 1.89 bits per heavy atom. The van der Waals surface area contributed by atoms with Gasteiger partial charge in [-0.1, -0.05) is 46.8 Å². The zero-order valence-corrected chi connectivity index (χ0v) is 13.4. The van der Waals surface area contributed by atoms with Crippen molar-refractivity contribution in [2.45, 2.75) is 59.9 Å². The monoisotopic (exact) mass is 264 g/mol. The molecule has 0 spiro atoms. The lowest BCUT2D eigenvalue weighted by Gasteiger charge is -2.35. The Labute approximate surface area is 119 Å². The van der Waals surface area contributed by atoms with Gasteiger partial charge in [0.1, 0.15) is 0 Å². The maximum Gasteiger partial charge on any atom is 0.0465 e. The van der Waals surface area contributed by atoms with Crippen LogP contribution in [0.5, 0.6) is 0 Å². The number of allylic oxidation sites excluding steroid dienone is 2. The minimum atomic E-state index is 0.494. The minimum Gasteiger partial charge on any atom is -0.384 e. The molecule has 2 aliphatic rings. The molecule has 1 atom stereocenters. The zero-order valence-electron chi connectivity index (χ0n) is 13.4. The van der Waals surface area contributed by atoms with Crippen molar-refractivity contribution in [3.63, 3.8) is 0 Å². The second-order valence-corrected chi connectivity index (χ2v) is 6.25. The molecule has 2 aliphatic heterocycles. The molecule has 19 heavy (non-hydrogen) atoms. The van der Waals surface area contributed by atoms with E-state index >= 15 is 0 Å². The van der Waals surface area contributed by atoms with Crippen molar-refractivity contribution in [3.8, 4) is 0 Å².